The third-order valence-corrected chi connectivity index (χ3v) is 1.55. The molecule has 0 atom stereocenters. The number of H-pyrrole nitrogens is 1. The van der Waals surface area contributed by atoms with Crippen LogP contribution in [-0.2, 0) is 9.53 Å². The highest BCUT2D eigenvalue weighted by molar-refractivity contribution is 5.89. The number of aromatic nitrogens is 2. The molecule has 0 radical (unpaired) electrons. The molecular weight excluding hydrogens is 218 g/mol. The molecule has 1 amide bonds. The monoisotopic (exact) mass is 229 g/mol. The maximum Gasteiger partial charge on any atom is 0.434 e. The number of ether oxygens (including phenoxy) is 1. The van der Waals surface area contributed by atoms with Crippen molar-refractivity contribution in [1.29, 1.82) is 0 Å². The van der Waals surface area contributed by atoms with Crippen LogP contribution < -0.4 is 11.1 Å². The lowest BCUT2D eigenvalue weighted by atomic mass is 10.4. The predicted octanol–water partition coefficient (Wildman–Crippen LogP) is -0.954. The molecule has 0 aliphatic rings. The van der Waals surface area contributed by atoms with Crippen LogP contribution in [0.15, 0.2) is 9.21 Å². The molecule has 8 nitrogen and oxygen atoms in total. The number of hydrogen-bond acceptors (Lipinski definition) is 6. The first-order chi connectivity index (χ1) is 7.63. The van der Waals surface area contributed by atoms with Gasteiger partial charge in [0.25, 0.3) is 0 Å². The van der Waals surface area contributed by atoms with Crippen molar-refractivity contribution in [2.45, 2.75) is 13.3 Å². The number of esters is 1. The normalized spacial score (nSPS) is 9.81. The van der Waals surface area contributed by atoms with Gasteiger partial charge in [0, 0.05) is 6.54 Å². The van der Waals surface area contributed by atoms with Crippen LogP contribution in [0.1, 0.15) is 24.0 Å². The molecule has 16 heavy (non-hydrogen) atoms. The maximum absolute atomic E-state index is 11.2. The van der Waals surface area contributed by atoms with Crippen LogP contribution in [-0.4, -0.2) is 35.2 Å². The third kappa shape index (κ3) is 3.56. The third-order valence-electron chi connectivity index (χ3n) is 1.55. The van der Waals surface area contributed by atoms with Gasteiger partial charge in [-0.2, -0.15) is 0 Å². The summed E-state index contributed by atoms with van der Waals surface area (Å²) in [5.41, 5.74) is 0. The lowest BCUT2D eigenvalue weighted by molar-refractivity contribution is -0.142. The fraction of sp³-hybridized carbons (Fsp3) is 0.500. The lowest BCUT2D eigenvalue weighted by Gasteiger charge is -2.02. The molecule has 8 heteroatoms. The molecule has 0 saturated heterocycles. The van der Waals surface area contributed by atoms with Crippen molar-refractivity contribution < 1.29 is 18.7 Å². The average Bonchev–Trinajstić information content (AvgIpc) is 2.65. The van der Waals surface area contributed by atoms with Crippen molar-refractivity contribution in [2.75, 3.05) is 13.2 Å². The minimum atomic E-state index is -0.810. The summed E-state index contributed by atoms with van der Waals surface area (Å²) in [5, 5.41) is 7.61. The van der Waals surface area contributed by atoms with Gasteiger partial charge in [-0.1, -0.05) is 0 Å². The molecule has 2 N–H and O–H groups in total. The van der Waals surface area contributed by atoms with Gasteiger partial charge in [-0.25, -0.2) is 9.89 Å². The minimum absolute atomic E-state index is 0.0498. The largest absolute Gasteiger partial charge is 0.466 e. The van der Waals surface area contributed by atoms with Crippen molar-refractivity contribution >= 4 is 11.9 Å². The molecule has 88 valence electrons. The molecular formula is C8H11N3O5. The van der Waals surface area contributed by atoms with E-state index >= 15 is 0 Å². The zero-order chi connectivity index (χ0) is 12.0. The summed E-state index contributed by atoms with van der Waals surface area (Å²) in [6.45, 7) is 2.07. The number of nitrogens with zero attached hydrogens (tertiary/aromatic N) is 1. The van der Waals surface area contributed by atoms with Gasteiger partial charge in [0.05, 0.1) is 13.0 Å². The second-order valence-electron chi connectivity index (χ2n) is 2.73. The summed E-state index contributed by atoms with van der Waals surface area (Å²) in [6, 6.07) is 0. The molecule has 1 aromatic rings. The van der Waals surface area contributed by atoms with Crippen LogP contribution in [0.5, 0.6) is 0 Å². The maximum atomic E-state index is 11.2. The van der Waals surface area contributed by atoms with Crippen LogP contribution >= 0.6 is 0 Å². The molecule has 1 aromatic heterocycles. The SMILES string of the molecule is CCOC(=O)CCNC(=O)c1n[nH]c(=O)o1. The molecule has 0 aliphatic heterocycles. The van der Waals surface area contributed by atoms with Gasteiger partial charge in [-0.3, -0.25) is 9.59 Å². The number of carbonyl (C=O) groups excluding carboxylic acids is 2. The molecule has 0 unspecified atom stereocenters. The topological polar surface area (TPSA) is 114 Å². The van der Waals surface area contributed by atoms with E-state index in [0.29, 0.717) is 6.61 Å². The van der Waals surface area contributed by atoms with Crippen LogP contribution in [0.2, 0.25) is 0 Å². The number of carbonyl (C=O) groups is 2. The summed E-state index contributed by atoms with van der Waals surface area (Å²) < 4.78 is 9.05. The molecule has 0 bridgehead atoms. The van der Waals surface area contributed by atoms with E-state index in [4.69, 9.17) is 0 Å². The molecule has 1 heterocycles. The predicted molar refractivity (Wildman–Crippen MR) is 50.7 cm³/mol. The fourth-order valence-corrected chi connectivity index (χ4v) is 0.914. The summed E-state index contributed by atoms with van der Waals surface area (Å²) in [4.78, 5) is 32.6. The second kappa shape index (κ2) is 5.69. The van der Waals surface area contributed by atoms with Gasteiger partial charge >= 0.3 is 23.5 Å². The highest BCUT2D eigenvalue weighted by Gasteiger charge is 2.12. The van der Waals surface area contributed by atoms with Crippen molar-refractivity contribution in [3.63, 3.8) is 0 Å². The first kappa shape index (κ1) is 12.0. The zero-order valence-corrected chi connectivity index (χ0v) is 8.61. The molecule has 1 rings (SSSR count). The quantitative estimate of drug-likeness (QED) is 0.629. The average molecular weight is 229 g/mol. The second-order valence-corrected chi connectivity index (χ2v) is 2.73. The van der Waals surface area contributed by atoms with Crippen LogP contribution in [0.3, 0.4) is 0 Å². The number of aromatic amines is 1. The van der Waals surface area contributed by atoms with Crippen LogP contribution in [0.25, 0.3) is 0 Å². The van der Waals surface area contributed by atoms with E-state index in [-0.39, 0.29) is 18.9 Å². The Morgan fingerprint density at radius 3 is 2.88 bits per heavy atom. The first-order valence-corrected chi connectivity index (χ1v) is 4.62. The Labute approximate surface area is 90.0 Å². The van der Waals surface area contributed by atoms with Crippen molar-refractivity contribution in [3.05, 3.63) is 16.4 Å². The van der Waals surface area contributed by atoms with Gasteiger partial charge in [-0.05, 0) is 6.92 Å². The summed E-state index contributed by atoms with van der Waals surface area (Å²) in [6.07, 6.45) is 0.0498. The summed E-state index contributed by atoms with van der Waals surface area (Å²) in [5.74, 6) is -2.25. The van der Waals surface area contributed by atoms with Crippen LogP contribution in [0, 0.1) is 0 Å². The molecule has 0 saturated carbocycles. The smallest absolute Gasteiger partial charge is 0.434 e. The minimum Gasteiger partial charge on any atom is -0.466 e. The van der Waals surface area contributed by atoms with E-state index in [1.807, 2.05) is 5.10 Å². The number of nitrogens with one attached hydrogen (secondary N) is 2. The van der Waals surface area contributed by atoms with E-state index in [9.17, 15) is 14.4 Å². The number of rotatable bonds is 5. The Kier molecular flexibility index (Phi) is 4.25. The summed E-state index contributed by atoms with van der Waals surface area (Å²) in [7, 11) is 0. The lowest BCUT2D eigenvalue weighted by Crippen LogP contribution is -2.26. The zero-order valence-electron chi connectivity index (χ0n) is 8.61. The Hall–Kier alpha value is -2.12. The number of amides is 1. The highest BCUT2D eigenvalue weighted by Crippen LogP contribution is 1.89. The number of hydrogen-bond donors (Lipinski definition) is 2. The summed E-state index contributed by atoms with van der Waals surface area (Å²) >= 11 is 0. The van der Waals surface area contributed by atoms with Gasteiger partial charge in [0.1, 0.15) is 0 Å². The highest BCUT2D eigenvalue weighted by atomic mass is 16.5. The fourth-order valence-electron chi connectivity index (χ4n) is 0.914. The Morgan fingerprint density at radius 2 is 2.31 bits per heavy atom. The standard InChI is InChI=1S/C8H11N3O5/c1-2-15-5(12)3-4-9-6(13)7-10-11-8(14)16-7/h2-4H2,1H3,(H,9,13)(H,11,14). The van der Waals surface area contributed by atoms with Crippen molar-refractivity contribution in [1.82, 2.24) is 15.5 Å². The van der Waals surface area contributed by atoms with Crippen LogP contribution in [0.4, 0.5) is 0 Å². The van der Waals surface area contributed by atoms with E-state index in [1.54, 1.807) is 6.92 Å². The van der Waals surface area contributed by atoms with Crippen molar-refractivity contribution in [3.8, 4) is 0 Å². The van der Waals surface area contributed by atoms with Crippen molar-refractivity contribution in [2.24, 2.45) is 0 Å². The van der Waals surface area contributed by atoms with Gasteiger partial charge in [0.2, 0.25) is 0 Å². The van der Waals surface area contributed by atoms with Gasteiger partial charge in [0.15, 0.2) is 0 Å². The molecule has 0 aliphatic carbocycles. The Morgan fingerprint density at radius 1 is 1.56 bits per heavy atom. The molecule has 0 fully saturated rings. The molecule has 0 spiro atoms. The molecule has 0 aromatic carbocycles. The Bertz CT molecular complexity index is 421. The Balaban J connectivity index is 2.31. The van der Waals surface area contributed by atoms with E-state index in [2.05, 4.69) is 19.6 Å². The van der Waals surface area contributed by atoms with Gasteiger partial charge in [-0.15, -0.1) is 5.10 Å². The van der Waals surface area contributed by atoms with Gasteiger partial charge < -0.3 is 14.5 Å². The van der Waals surface area contributed by atoms with E-state index in [0.717, 1.165) is 0 Å². The van der Waals surface area contributed by atoms with E-state index in [1.165, 1.54) is 0 Å². The first-order valence-electron chi connectivity index (χ1n) is 4.62. The van der Waals surface area contributed by atoms with E-state index < -0.39 is 17.6 Å².